The predicted octanol–water partition coefficient (Wildman–Crippen LogP) is 3.62. The van der Waals surface area contributed by atoms with E-state index < -0.39 is 5.97 Å². The summed E-state index contributed by atoms with van der Waals surface area (Å²) in [4.78, 5) is 17.2. The summed E-state index contributed by atoms with van der Waals surface area (Å²) in [5.41, 5.74) is 3.56. The molecule has 0 atom stereocenters. The molecule has 0 bridgehead atoms. The second-order valence-electron chi connectivity index (χ2n) is 7.14. The van der Waals surface area contributed by atoms with Gasteiger partial charge in [-0.3, -0.25) is 4.79 Å². The lowest BCUT2D eigenvalue weighted by atomic mass is 9.87. The Labute approximate surface area is 157 Å². The van der Waals surface area contributed by atoms with E-state index in [1.54, 1.807) is 11.3 Å². The molecular formula is C20H24N2O3S. The first-order chi connectivity index (χ1) is 12.7. The van der Waals surface area contributed by atoms with Crippen LogP contribution in [0.2, 0.25) is 0 Å². The number of benzene rings is 1. The Balaban J connectivity index is 1.32. The Morgan fingerprint density at radius 2 is 2.00 bits per heavy atom. The van der Waals surface area contributed by atoms with Crippen LogP contribution in [-0.4, -0.2) is 28.7 Å². The van der Waals surface area contributed by atoms with E-state index in [0.717, 1.165) is 61.3 Å². The van der Waals surface area contributed by atoms with Gasteiger partial charge in [0.25, 0.3) is 0 Å². The van der Waals surface area contributed by atoms with Crippen molar-refractivity contribution in [1.29, 1.82) is 0 Å². The normalized spacial score (nSPS) is 22.8. The van der Waals surface area contributed by atoms with Crippen LogP contribution in [0.3, 0.4) is 0 Å². The third kappa shape index (κ3) is 3.98. The first-order valence-electron chi connectivity index (χ1n) is 9.32. The van der Waals surface area contributed by atoms with E-state index >= 15 is 0 Å². The number of rotatable bonds is 5. The van der Waals surface area contributed by atoms with Crippen LogP contribution < -0.4 is 5.32 Å². The molecule has 26 heavy (non-hydrogen) atoms. The maximum atomic E-state index is 11.0. The fourth-order valence-electron chi connectivity index (χ4n) is 3.68. The summed E-state index contributed by atoms with van der Waals surface area (Å²) in [5.74, 6) is -0.855. The number of thiazole rings is 1. The zero-order valence-electron chi connectivity index (χ0n) is 14.7. The number of nitrogens with one attached hydrogen (secondary N) is 1. The van der Waals surface area contributed by atoms with Crippen LogP contribution in [-0.2, 0) is 29.1 Å². The first-order valence-corrected chi connectivity index (χ1v) is 10.1. The Morgan fingerprint density at radius 3 is 2.69 bits per heavy atom. The molecule has 0 unspecified atom stereocenters. The van der Waals surface area contributed by atoms with Gasteiger partial charge in [-0.15, -0.1) is 11.3 Å². The maximum Gasteiger partial charge on any atom is 0.306 e. The van der Waals surface area contributed by atoms with E-state index in [1.165, 1.54) is 10.6 Å². The molecule has 2 heterocycles. The summed E-state index contributed by atoms with van der Waals surface area (Å²) in [6.45, 7) is 2.53. The second kappa shape index (κ2) is 7.86. The smallest absolute Gasteiger partial charge is 0.306 e. The number of ether oxygens (including phenoxy) is 1. The van der Waals surface area contributed by atoms with Crippen molar-refractivity contribution >= 4 is 17.3 Å². The second-order valence-corrected chi connectivity index (χ2v) is 8.22. The number of hydrogen-bond acceptors (Lipinski definition) is 5. The van der Waals surface area contributed by atoms with Gasteiger partial charge in [0.1, 0.15) is 5.01 Å². The molecule has 2 N–H and O–H groups in total. The van der Waals surface area contributed by atoms with Crippen molar-refractivity contribution in [2.75, 3.05) is 6.54 Å². The Bertz CT molecular complexity index is 740. The van der Waals surface area contributed by atoms with Gasteiger partial charge in [0.2, 0.25) is 0 Å². The predicted molar refractivity (Wildman–Crippen MR) is 101 cm³/mol. The number of nitrogens with zero attached hydrogens (tertiary/aromatic N) is 1. The number of aliphatic carboxylic acids is 1. The average Bonchev–Trinajstić information content (AvgIpc) is 3.11. The Hall–Kier alpha value is -1.76. The van der Waals surface area contributed by atoms with Crippen molar-refractivity contribution in [3.8, 4) is 10.6 Å². The Morgan fingerprint density at radius 1 is 1.23 bits per heavy atom. The fraction of sp³-hybridized carbons (Fsp3) is 0.500. The van der Waals surface area contributed by atoms with Crippen molar-refractivity contribution in [2.45, 2.75) is 51.4 Å². The summed E-state index contributed by atoms with van der Waals surface area (Å²) in [7, 11) is 0. The lowest BCUT2D eigenvalue weighted by Gasteiger charge is -2.26. The molecule has 1 aromatic carbocycles. The highest BCUT2D eigenvalue weighted by Crippen LogP contribution is 2.30. The molecule has 138 valence electrons. The fourth-order valence-corrected chi connectivity index (χ4v) is 4.77. The average molecular weight is 372 g/mol. The minimum Gasteiger partial charge on any atom is -0.481 e. The molecule has 5 nitrogen and oxygen atoms in total. The van der Waals surface area contributed by atoms with Crippen molar-refractivity contribution in [3.63, 3.8) is 0 Å². The number of carboxylic acids is 1. The first kappa shape index (κ1) is 17.6. The summed E-state index contributed by atoms with van der Waals surface area (Å²) in [6.07, 6.45) is 4.33. The maximum absolute atomic E-state index is 11.0. The molecule has 0 radical (unpaired) electrons. The lowest BCUT2D eigenvalue weighted by molar-refractivity contribution is -0.143. The van der Waals surface area contributed by atoms with Gasteiger partial charge in [-0.25, -0.2) is 4.98 Å². The standard InChI is InChI=1S/C20H24N2O3S/c23-20(24)15-5-7-16(8-6-15)25-12-13-1-3-14(4-2-13)19-22-17-9-10-21-11-18(17)26-19/h1-4,15-16,21H,5-12H2,(H,23,24)/t15-,16-. The highest BCUT2D eigenvalue weighted by Gasteiger charge is 2.26. The molecule has 2 aromatic rings. The monoisotopic (exact) mass is 372 g/mol. The van der Waals surface area contributed by atoms with Gasteiger partial charge in [0.15, 0.2) is 0 Å². The van der Waals surface area contributed by atoms with Gasteiger partial charge < -0.3 is 15.2 Å². The SMILES string of the molecule is O=C(O)[C@H]1CC[C@H](OCc2ccc(-c3nc4c(s3)CNCC4)cc2)CC1. The Kier molecular flexibility index (Phi) is 5.33. The van der Waals surface area contributed by atoms with Crippen molar-refractivity contribution < 1.29 is 14.6 Å². The summed E-state index contributed by atoms with van der Waals surface area (Å²) >= 11 is 1.78. The summed E-state index contributed by atoms with van der Waals surface area (Å²) in [6, 6.07) is 8.46. The van der Waals surface area contributed by atoms with Crippen molar-refractivity contribution in [1.82, 2.24) is 10.3 Å². The molecule has 0 saturated heterocycles. The van der Waals surface area contributed by atoms with Crippen LogP contribution in [0.1, 0.15) is 41.8 Å². The minimum atomic E-state index is -0.668. The highest BCUT2D eigenvalue weighted by atomic mass is 32.1. The van der Waals surface area contributed by atoms with E-state index in [0.29, 0.717) is 6.61 Å². The largest absolute Gasteiger partial charge is 0.481 e. The molecular weight excluding hydrogens is 348 g/mol. The van der Waals surface area contributed by atoms with Crippen LogP contribution in [0.5, 0.6) is 0 Å². The third-order valence-electron chi connectivity index (χ3n) is 5.31. The van der Waals surface area contributed by atoms with Crippen LogP contribution >= 0.6 is 11.3 Å². The molecule has 1 saturated carbocycles. The van der Waals surface area contributed by atoms with Crippen LogP contribution in [0, 0.1) is 5.92 Å². The van der Waals surface area contributed by atoms with Crippen molar-refractivity contribution in [2.24, 2.45) is 5.92 Å². The molecule has 0 amide bonds. The number of carboxylic acid groups (broad SMARTS) is 1. The molecule has 6 heteroatoms. The third-order valence-corrected chi connectivity index (χ3v) is 6.46. The molecule has 1 aromatic heterocycles. The van der Waals surface area contributed by atoms with E-state index in [2.05, 4.69) is 29.6 Å². The molecule has 2 aliphatic rings. The molecule has 1 fully saturated rings. The summed E-state index contributed by atoms with van der Waals surface area (Å²) < 4.78 is 5.99. The van der Waals surface area contributed by atoms with Crippen LogP contribution in [0.25, 0.3) is 10.6 Å². The van der Waals surface area contributed by atoms with Gasteiger partial charge in [-0.1, -0.05) is 24.3 Å². The van der Waals surface area contributed by atoms with Gasteiger partial charge in [0, 0.05) is 30.0 Å². The number of aromatic nitrogens is 1. The number of hydrogen-bond donors (Lipinski definition) is 2. The zero-order chi connectivity index (χ0) is 17.9. The van der Waals surface area contributed by atoms with Crippen LogP contribution in [0.4, 0.5) is 0 Å². The highest BCUT2D eigenvalue weighted by molar-refractivity contribution is 7.15. The van der Waals surface area contributed by atoms with Gasteiger partial charge >= 0.3 is 5.97 Å². The molecule has 1 aliphatic carbocycles. The molecule has 1 aliphatic heterocycles. The number of carbonyl (C=O) groups is 1. The van der Waals surface area contributed by atoms with E-state index in [4.69, 9.17) is 14.8 Å². The minimum absolute atomic E-state index is 0.184. The van der Waals surface area contributed by atoms with Gasteiger partial charge in [0.05, 0.1) is 24.3 Å². The quantitative estimate of drug-likeness (QED) is 0.839. The zero-order valence-corrected chi connectivity index (χ0v) is 15.6. The molecule has 0 spiro atoms. The van der Waals surface area contributed by atoms with Crippen molar-refractivity contribution in [3.05, 3.63) is 40.4 Å². The lowest BCUT2D eigenvalue weighted by Crippen LogP contribution is -2.25. The molecule has 4 rings (SSSR count). The van der Waals surface area contributed by atoms with Crippen LogP contribution in [0.15, 0.2) is 24.3 Å². The topological polar surface area (TPSA) is 71.5 Å². The van der Waals surface area contributed by atoms with E-state index in [-0.39, 0.29) is 12.0 Å². The van der Waals surface area contributed by atoms with Gasteiger partial charge in [-0.05, 0) is 31.2 Å². The van der Waals surface area contributed by atoms with Gasteiger partial charge in [-0.2, -0.15) is 0 Å². The van der Waals surface area contributed by atoms with E-state index in [1.807, 2.05) is 0 Å². The number of fused-ring (bicyclic) bond motifs is 1. The summed E-state index contributed by atoms with van der Waals surface area (Å²) in [5, 5.41) is 13.5. The van der Waals surface area contributed by atoms with E-state index in [9.17, 15) is 4.79 Å².